The minimum atomic E-state index is -0.110. The van der Waals surface area contributed by atoms with E-state index in [1.165, 1.54) is 133 Å². The molecule has 6 atom stereocenters. The number of unbranched alkanes of at least 4 members (excludes halogenated alkanes) is 7. The molecule has 262 valence electrons. The number of nitrogens with zero attached hydrogens (tertiary/aromatic N) is 1. The van der Waals surface area contributed by atoms with Crippen LogP contribution in [0, 0.1) is 11.8 Å². The highest BCUT2D eigenvalue weighted by molar-refractivity contribution is 6.53. The first-order chi connectivity index (χ1) is 22.9. The third-order valence-corrected chi connectivity index (χ3v) is 13.0. The van der Waals surface area contributed by atoms with Crippen molar-refractivity contribution < 1.29 is 9.47 Å². The maximum absolute atomic E-state index is 6.47. The molecule has 0 bridgehead atoms. The van der Waals surface area contributed by atoms with E-state index in [4.69, 9.17) is 9.47 Å². The summed E-state index contributed by atoms with van der Waals surface area (Å²) in [4.78, 5) is 4.60. The lowest BCUT2D eigenvalue weighted by atomic mass is 9.87. The van der Waals surface area contributed by atoms with Crippen LogP contribution < -0.4 is 14.8 Å². The van der Waals surface area contributed by atoms with E-state index in [9.17, 15) is 0 Å². The van der Waals surface area contributed by atoms with E-state index in [1.54, 1.807) is 0 Å². The monoisotopic (exact) mass is 675 g/mol. The predicted molar refractivity (Wildman–Crippen MR) is 206 cm³/mol. The molecule has 0 saturated carbocycles. The molecule has 47 heavy (non-hydrogen) atoms. The van der Waals surface area contributed by atoms with Crippen LogP contribution in [0.1, 0.15) is 175 Å². The van der Waals surface area contributed by atoms with Crippen LogP contribution in [0.15, 0.2) is 42.6 Å². The number of aromatic nitrogens is 1. The summed E-state index contributed by atoms with van der Waals surface area (Å²) in [5.41, 5.74) is 2.74. The van der Waals surface area contributed by atoms with Crippen molar-refractivity contribution in [1.29, 1.82) is 0 Å². The van der Waals surface area contributed by atoms with Crippen LogP contribution in [0.4, 0.5) is 0 Å². The van der Waals surface area contributed by atoms with Crippen molar-refractivity contribution >= 4 is 24.4 Å². The lowest BCUT2D eigenvalue weighted by molar-refractivity contribution is 0.122. The van der Waals surface area contributed by atoms with Crippen LogP contribution >= 0.6 is 0 Å². The van der Waals surface area contributed by atoms with Gasteiger partial charge in [0.2, 0.25) is 5.91 Å². The summed E-state index contributed by atoms with van der Waals surface area (Å²) in [6.45, 7) is 14.3. The molecule has 1 aliphatic heterocycles. The maximum Gasteiger partial charge on any atom is 0.215 e. The summed E-state index contributed by atoms with van der Waals surface area (Å²) in [6.07, 6.45) is 27.5. The summed E-state index contributed by atoms with van der Waals surface area (Å²) >= 11 is 0. The average Bonchev–Trinajstić information content (AvgIpc) is 3.46. The second kappa shape index (κ2) is 23.7. The molecule has 5 heteroatoms. The van der Waals surface area contributed by atoms with Gasteiger partial charge in [0.05, 0.1) is 0 Å². The van der Waals surface area contributed by atoms with Gasteiger partial charge in [-0.2, -0.15) is 0 Å². The molecule has 0 saturated heterocycles. The number of fused-ring (bicyclic) bond motifs is 1. The van der Waals surface area contributed by atoms with Gasteiger partial charge >= 0.3 is 0 Å². The fraction of sp³-hybridized carbons (Fsp3) is 0.738. The standard InChI is InChI=1S/C42H69NO2Si2/c1-7-9-13-20-33(3)22-15-11-12-16-24-35(5)47-42-44-39-30-29-38(32-40(39)45-42)37(25-19-23-34(4)21-14-10-8-2)28-27-36(6)46-41-26-17-18-31-43-41/h17-18,26,29-37,42H,7-16,19-25,27-28H2,1-6H3. The second-order valence-corrected chi connectivity index (χ2v) is 18.6. The summed E-state index contributed by atoms with van der Waals surface area (Å²) in [6, 6.07) is 13.2. The van der Waals surface area contributed by atoms with Gasteiger partial charge in [0.15, 0.2) is 21.0 Å². The van der Waals surface area contributed by atoms with E-state index in [0.29, 0.717) is 26.5 Å². The van der Waals surface area contributed by atoms with Gasteiger partial charge in [-0.25, -0.2) is 0 Å². The summed E-state index contributed by atoms with van der Waals surface area (Å²) < 4.78 is 12.8. The molecule has 0 amide bonds. The molecule has 6 unspecified atom stereocenters. The summed E-state index contributed by atoms with van der Waals surface area (Å²) in [5, 5.41) is 1.24. The molecular formula is C42H69NO2Si2. The van der Waals surface area contributed by atoms with Crippen LogP contribution in [0.25, 0.3) is 0 Å². The Kier molecular flexibility index (Phi) is 20.1. The average molecular weight is 676 g/mol. The second-order valence-electron chi connectivity index (χ2n) is 15.0. The first-order valence-electron chi connectivity index (χ1n) is 19.8. The number of benzene rings is 1. The zero-order valence-electron chi connectivity index (χ0n) is 31.2. The molecule has 1 aliphatic rings. The van der Waals surface area contributed by atoms with Gasteiger partial charge in [0.25, 0.3) is 0 Å². The Morgan fingerprint density at radius 3 is 1.91 bits per heavy atom. The molecule has 4 radical (unpaired) electrons. The Labute approximate surface area is 295 Å². The minimum Gasteiger partial charge on any atom is -0.456 e. The Morgan fingerprint density at radius 2 is 1.26 bits per heavy atom. The van der Waals surface area contributed by atoms with Crippen LogP contribution in [0.5, 0.6) is 11.5 Å². The molecule has 0 aliphatic carbocycles. The van der Waals surface area contributed by atoms with Crippen molar-refractivity contribution in [2.24, 2.45) is 11.8 Å². The van der Waals surface area contributed by atoms with Gasteiger partial charge < -0.3 is 9.47 Å². The van der Waals surface area contributed by atoms with Gasteiger partial charge in [-0.3, -0.25) is 4.98 Å². The number of hydrogen-bond acceptors (Lipinski definition) is 3. The van der Waals surface area contributed by atoms with Crippen molar-refractivity contribution in [3.05, 3.63) is 48.2 Å². The normalized spacial score (nSPS) is 17.4. The van der Waals surface area contributed by atoms with E-state index in [2.05, 4.69) is 76.9 Å². The Balaban J connectivity index is 1.45. The number of hydrogen-bond donors (Lipinski definition) is 0. The molecule has 2 aromatic rings. The van der Waals surface area contributed by atoms with Crippen LogP contribution in [-0.2, 0) is 0 Å². The lowest BCUT2D eigenvalue weighted by Gasteiger charge is -2.21. The molecule has 2 heterocycles. The van der Waals surface area contributed by atoms with Crippen molar-refractivity contribution in [2.75, 3.05) is 0 Å². The molecule has 0 N–H and O–H groups in total. The molecular weight excluding hydrogens is 607 g/mol. The largest absolute Gasteiger partial charge is 0.456 e. The van der Waals surface area contributed by atoms with Gasteiger partial charge in [-0.05, 0) is 71.5 Å². The van der Waals surface area contributed by atoms with E-state index in [0.717, 1.165) is 32.9 Å². The third kappa shape index (κ3) is 16.6. The van der Waals surface area contributed by atoms with Crippen molar-refractivity contribution in [3.63, 3.8) is 0 Å². The van der Waals surface area contributed by atoms with Gasteiger partial charge in [0.1, 0.15) is 9.52 Å². The fourth-order valence-electron chi connectivity index (χ4n) is 7.09. The van der Waals surface area contributed by atoms with Crippen molar-refractivity contribution in [3.8, 4) is 11.5 Å². The smallest absolute Gasteiger partial charge is 0.215 e. The summed E-state index contributed by atoms with van der Waals surface area (Å²) in [7, 11) is 1.46. The maximum atomic E-state index is 6.47. The zero-order valence-corrected chi connectivity index (χ0v) is 33.2. The topological polar surface area (TPSA) is 31.4 Å². The highest BCUT2D eigenvalue weighted by Crippen LogP contribution is 2.40. The Hall–Kier alpha value is -1.60. The summed E-state index contributed by atoms with van der Waals surface area (Å²) in [5.74, 6) is 4.11. The van der Waals surface area contributed by atoms with Crippen molar-refractivity contribution in [2.45, 2.75) is 186 Å². The number of pyridine rings is 1. The minimum absolute atomic E-state index is 0.110. The third-order valence-electron chi connectivity index (χ3n) is 10.3. The van der Waals surface area contributed by atoms with Gasteiger partial charge in [-0.15, -0.1) is 0 Å². The molecule has 1 aromatic carbocycles. The molecule has 0 spiro atoms. The molecule has 3 rings (SSSR count). The van der Waals surface area contributed by atoms with E-state index >= 15 is 0 Å². The first-order valence-corrected chi connectivity index (χ1v) is 22.0. The SMILES string of the molecule is CCCCCC(C)CCCCCCC(C)[Si]C1Oc2ccc(C(CCCC(C)CCCCC)CCC(C)[Si]c3ccccn3)cc2O1. The van der Waals surface area contributed by atoms with E-state index < -0.39 is 0 Å². The lowest BCUT2D eigenvalue weighted by Crippen LogP contribution is -2.28. The first kappa shape index (κ1) is 39.8. The zero-order chi connectivity index (χ0) is 33.7. The van der Waals surface area contributed by atoms with Gasteiger partial charge in [0, 0.05) is 11.5 Å². The highest BCUT2D eigenvalue weighted by atomic mass is 28.2. The van der Waals surface area contributed by atoms with Crippen LogP contribution in [0.2, 0.25) is 11.1 Å². The van der Waals surface area contributed by atoms with Crippen molar-refractivity contribution in [1.82, 2.24) is 4.98 Å². The Morgan fingerprint density at radius 1 is 0.617 bits per heavy atom. The number of ether oxygens (including phenoxy) is 2. The highest BCUT2D eigenvalue weighted by Gasteiger charge is 2.28. The molecule has 0 fully saturated rings. The number of rotatable bonds is 27. The quantitative estimate of drug-likeness (QED) is 0.0697. The van der Waals surface area contributed by atoms with Crippen LogP contribution in [0.3, 0.4) is 0 Å². The van der Waals surface area contributed by atoms with Gasteiger partial charge in [-0.1, -0.05) is 163 Å². The van der Waals surface area contributed by atoms with E-state index in [1.807, 2.05) is 12.3 Å². The predicted octanol–water partition coefficient (Wildman–Crippen LogP) is 12.3. The van der Waals surface area contributed by atoms with Crippen LogP contribution in [-0.4, -0.2) is 29.9 Å². The van der Waals surface area contributed by atoms with E-state index in [-0.39, 0.29) is 5.91 Å². The molecule has 3 nitrogen and oxygen atoms in total. The molecule has 1 aromatic heterocycles. The fourth-order valence-corrected chi connectivity index (χ4v) is 9.47. The Bertz CT molecular complexity index is 1070.